The molecule has 1 N–H and O–H groups in total. The minimum absolute atomic E-state index is 0.383. The van der Waals surface area contributed by atoms with Crippen LogP contribution >= 0.6 is 11.6 Å². The van der Waals surface area contributed by atoms with Gasteiger partial charge in [0.15, 0.2) is 5.82 Å². The highest BCUT2D eigenvalue weighted by atomic mass is 35.5. The van der Waals surface area contributed by atoms with Crippen molar-refractivity contribution in [2.75, 3.05) is 11.6 Å². The lowest BCUT2D eigenvalue weighted by Crippen LogP contribution is -2.03. The first-order valence-electron chi connectivity index (χ1n) is 7.74. The molecule has 0 amide bonds. The molecule has 3 rings (SSSR count). The average molecular weight is 376 g/mol. The van der Waals surface area contributed by atoms with Crippen LogP contribution in [0.2, 0.25) is 5.02 Å². The van der Waals surface area contributed by atoms with Crippen molar-refractivity contribution in [3.63, 3.8) is 0 Å². The molecule has 0 saturated carbocycles. The molecular formula is C18H18ClN3O2S. The van der Waals surface area contributed by atoms with Gasteiger partial charge in [0, 0.05) is 28.4 Å². The Bertz CT molecular complexity index is 911. The van der Waals surface area contributed by atoms with Gasteiger partial charge in [0.1, 0.15) is 0 Å². The van der Waals surface area contributed by atoms with Gasteiger partial charge in [-0.15, -0.1) is 0 Å². The molecule has 130 valence electrons. The fourth-order valence-electron chi connectivity index (χ4n) is 2.45. The summed E-state index contributed by atoms with van der Waals surface area (Å²) in [6.45, 7) is 2.38. The lowest BCUT2D eigenvalue weighted by Gasteiger charge is -2.08. The topological polar surface area (TPSA) is 68.0 Å². The predicted octanol–water partition coefficient (Wildman–Crippen LogP) is 4.19. The van der Waals surface area contributed by atoms with Crippen LogP contribution in [0.25, 0.3) is 11.5 Å². The second kappa shape index (κ2) is 7.80. The van der Waals surface area contributed by atoms with Gasteiger partial charge >= 0.3 is 0 Å². The van der Waals surface area contributed by atoms with E-state index in [0.29, 0.717) is 29.0 Å². The normalized spacial score (nSPS) is 12.1. The first kappa shape index (κ1) is 17.6. The Kier molecular flexibility index (Phi) is 5.50. The summed E-state index contributed by atoms with van der Waals surface area (Å²) in [6.07, 6.45) is 1.67. The number of hydrogen-bond donors (Lipinski definition) is 1. The van der Waals surface area contributed by atoms with Crippen molar-refractivity contribution in [3.05, 3.63) is 64.4 Å². The number of halogens is 1. The van der Waals surface area contributed by atoms with E-state index in [-0.39, 0.29) is 0 Å². The molecular weight excluding hydrogens is 358 g/mol. The summed E-state index contributed by atoms with van der Waals surface area (Å²) < 4.78 is 16.7. The van der Waals surface area contributed by atoms with Gasteiger partial charge in [-0.1, -0.05) is 41.0 Å². The van der Waals surface area contributed by atoms with Crippen molar-refractivity contribution in [1.29, 1.82) is 0 Å². The predicted molar refractivity (Wildman–Crippen MR) is 101 cm³/mol. The summed E-state index contributed by atoms with van der Waals surface area (Å²) in [5.41, 5.74) is 3.72. The molecule has 25 heavy (non-hydrogen) atoms. The van der Waals surface area contributed by atoms with Gasteiger partial charge in [0.05, 0.1) is 17.3 Å². The Labute approximate surface area is 153 Å². The molecule has 3 aromatic rings. The van der Waals surface area contributed by atoms with E-state index in [4.69, 9.17) is 16.1 Å². The van der Waals surface area contributed by atoms with Crippen LogP contribution in [0.5, 0.6) is 0 Å². The lowest BCUT2D eigenvalue weighted by atomic mass is 10.1. The smallest absolute Gasteiger partial charge is 0.258 e. The molecule has 0 spiro atoms. The monoisotopic (exact) mass is 375 g/mol. The molecule has 0 radical (unpaired) electrons. The molecule has 1 heterocycles. The first-order chi connectivity index (χ1) is 12.0. The number of nitrogens with one attached hydrogen (secondary N) is 1. The maximum atomic E-state index is 11.4. The highest BCUT2D eigenvalue weighted by Gasteiger charge is 2.11. The highest BCUT2D eigenvalue weighted by molar-refractivity contribution is 7.83. The Morgan fingerprint density at radius 3 is 2.80 bits per heavy atom. The molecule has 1 atom stereocenters. The van der Waals surface area contributed by atoms with E-state index in [9.17, 15) is 4.21 Å². The van der Waals surface area contributed by atoms with Gasteiger partial charge in [-0.05, 0) is 36.2 Å². The van der Waals surface area contributed by atoms with Crippen molar-refractivity contribution in [3.8, 4) is 11.5 Å². The number of aromatic nitrogens is 2. The average Bonchev–Trinajstić information content (AvgIpc) is 3.04. The molecule has 0 bridgehead atoms. The van der Waals surface area contributed by atoms with Crippen LogP contribution in [0, 0.1) is 6.92 Å². The molecule has 0 aliphatic heterocycles. The van der Waals surface area contributed by atoms with Crippen LogP contribution in [0.15, 0.2) is 47.0 Å². The third-order valence-corrected chi connectivity index (χ3v) is 4.75. The van der Waals surface area contributed by atoms with Crippen molar-refractivity contribution in [2.45, 2.75) is 19.2 Å². The Hall–Kier alpha value is -2.18. The lowest BCUT2D eigenvalue weighted by molar-refractivity contribution is 0.423. The number of hydrogen-bond acceptors (Lipinski definition) is 5. The van der Waals surface area contributed by atoms with Gasteiger partial charge in [0.25, 0.3) is 5.89 Å². The Morgan fingerprint density at radius 1 is 1.24 bits per heavy atom. The van der Waals surface area contributed by atoms with Gasteiger partial charge in [-0.2, -0.15) is 4.98 Å². The summed E-state index contributed by atoms with van der Waals surface area (Å²) >= 11 is 6.22. The van der Waals surface area contributed by atoms with Crippen molar-refractivity contribution in [2.24, 2.45) is 0 Å². The largest absolute Gasteiger partial charge is 0.376 e. The van der Waals surface area contributed by atoms with Crippen LogP contribution in [0.3, 0.4) is 0 Å². The second-order valence-electron chi connectivity index (χ2n) is 5.72. The van der Waals surface area contributed by atoms with E-state index >= 15 is 0 Å². The first-order valence-corrected chi connectivity index (χ1v) is 9.84. The zero-order valence-corrected chi connectivity index (χ0v) is 15.5. The van der Waals surface area contributed by atoms with E-state index < -0.39 is 10.8 Å². The number of aryl methyl sites for hydroxylation is 1. The van der Waals surface area contributed by atoms with Crippen LogP contribution in [-0.4, -0.2) is 20.6 Å². The van der Waals surface area contributed by atoms with Crippen LogP contribution in [0.4, 0.5) is 5.69 Å². The van der Waals surface area contributed by atoms with E-state index in [2.05, 4.69) is 15.5 Å². The van der Waals surface area contributed by atoms with Crippen LogP contribution in [-0.2, 0) is 23.1 Å². The van der Waals surface area contributed by atoms with Crippen molar-refractivity contribution < 1.29 is 8.73 Å². The van der Waals surface area contributed by atoms with Crippen molar-refractivity contribution >= 4 is 28.1 Å². The summed E-state index contributed by atoms with van der Waals surface area (Å²) in [7, 11) is -0.902. The standard InChI is InChI=1S/C18H18ClN3O2S/c1-12-5-3-4-6-14(12)18-21-17(22-24-18)10-20-16-9-13(11-25(2)23)7-8-15(16)19/h3-9,20H,10-11H2,1-2H3/t25-/m1/s1. The van der Waals surface area contributed by atoms with E-state index in [1.54, 1.807) is 12.3 Å². The summed E-state index contributed by atoms with van der Waals surface area (Å²) in [5, 5.41) is 7.81. The fraction of sp³-hybridized carbons (Fsp3) is 0.222. The Balaban J connectivity index is 1.72. The van der Waals surface area contributed by atoms with E-state index in [0.717, 1.165) is 22.4 Å². The van der Waals surface area contributed by atoms with Crippen LogP contribution in [0.1, 0.15) is 17.0 Å². The van der Waals surface area contributed by atoms with Gasteiger partial charge in [-0.25, -0.2) is 0 Å². The minimum atomic E-state index is -0.902. The number of anilines is 1. The third-order valence-electron chi connectivity index (χ3n) is 3.68. The molecule has 0 aliphatic rings. The summed E-state index contributed by atoms with van der Waals surface area (Å²) in [6, 6.07) is 13.4. The highest BCUT2D eigenvalue weighted by Crippen LogP contribution is 2.25. The maximum absolute atomic E-state index is 11.4. The molecule has 2 aromatic carbocycles. The van der Waals surface area contributed by atoms with Gasteiger partial charge in [-0.3, -0.25) is 4.21 Å². The minimum Gasteiger partial charge on any atom is -0.376 e. The summed E-state index contributed by atoms with van der Waals surface area (Å²) in [4.78, 5) is 4.42. The molecule has 0 fully saturated rings. The van der Waals surface area contributed by atoms with Crippen LogP contribution < -0.4 is 5.32 Å². The molecule has 5 nitrogen and oxygen atoms in total. The quantitative estimate of drug-likeness (QED) is 0.699. The van der Waals surface area contributed by atoms with Crippen molar-refractivity contribution in [1.82, 2.24) is 10.1 Å². The van der Waals surface area contributed by atoms with E-state index in [1.807, 2.05) is 43.3 Å². The maximum Gasteiger partial charge on any atom is 0.258 e. The fourth-order valence-corrected chi connectivity index (χ4v) is 3.29. The molecule has 0 unspecified atom stereocenters. The molecule has 1 aromatic heterocycles. The SMILES string of the molecule is Cc1ccccc1-c1nc(CNc2cc(C[S@@](C)=O)ccc2Cl)no1. The number of benzene rings is 2. The molecule has 0 aliphatic carbocycles. The zero-order chi connectivity index (χ0) is 17.8. The second-order valence-corrected chi connectivity index (χ2v) is 7.56. The van der Waals surface area contributed by atoms with Gasteiger partial charge < -0.3 is 9.84 Å². The Morgan fingerprint density at radius 2 is 2.04 bits per heavy atom. The molecule has 7 heteroatoms. The molecule has 0 saturated heterocycles. The third kappa shape index (κ3) is 4.46. The summed E-state index contributed by atoms with van der Waals surface area (Å²) in [5.74, 6) is 1.53. The van der Waals surface area contributed by atoms with Gasteiger partial charge in [0.2, 0.25) is 0 Å². The zero-order valence-electron chi connectivity index (χ0n) is 14.0. The number of nitrogens with zero attached hydrogens (tertiary/aromatic N) is 2. The van der Waals surface area contributed by atoms with E-state index in [1.165, 1.54) is 0 Å². The number of rotatable bonds is 6.